The van der Waals surface area contributed by atoms with Crippen molar-refractivity contribution in [2.75, 3.05) is 13.2 Å². The van der Waals surface area contributed by atoms with Gasteiger partial charge < -0.3 is 9.47 Å². The first-order chi connectivity index (χ1) is 10.1. The Kier molecular flexibility index (Phi) is 4.51. The summed E-state index contributed by atoms with van der Waals surface area (Å²) in [6.45, 7) is 1.20. The van der Waals surface area contributed by atoms with Crippen LogP contribution in [0.4, 0.5) is 0 Å². The molecule has 0 amide bonds. The molecule has 7 heteroatoms. The summed E-state index contributed by atoms with van der Waals surface area (Å²) in [6.07, 6.45) is 2.26. The second kappa shape index (κ2) is 6.22. The average molecular weight is 332 g/mol. The van der Waals surface area contributed by atoms with Gasteiger partial charge in [0.25, 0.3) is 0 Å². The first-order valence-electron chi connectivity index (χ1n) is 7.06. The van der Waals surface area contributed by atoms with E-state index in [4.69, 9.17) is 21.1 Å². The molecule has 0 spiro atoms. The molecule has 116 valence electrons. The molecule has 0 bridgehead atoms. The van der Waals surface area contributed by atoms with Gasteiger partial charge >= 0.3 is 0 Å². The van der Waals surface area contributed by atoms with Crippen molar-refractivity contribution in [3.05, 3.63) is 29.3 Å². The van der Waals surface area contributed by atoms with Crippen LogP contribution < -0.4 is 4.72 Å². The van der Waals surface area contributed by atoms with Crippen molar-refractivity contribution in [3.8, 4) is 0 Å². The zero-order valence-electron chi connectivity index (χ0n) is 11.5. The van der Waals surface area contributed by atoms with E-state index in [1.165, 1.54) is 6.07 Å². The molecule has 3 rings (SSSR count). The van der Waals surface area contributed by atoms with Gasteiger partial charge in [0.05, 0.1) is 30.4 Å². The van der Waals surface area contributed by atoms with Crippen molar-refractivity contribution < 1.29 is 17.9 Å². The van der Waals surface area contributed by atoms with Crippen molar-refractivity contribution in [2.24, 2.45) is 0 Å². The molecule has 1 aromatic carbocycles. The molecule has 0 aromatic heterocycles. The van der Waals surface area contributed by atoms with Gasteiger partial charge in [0.1, 0.15) is 4.90 Å². The van der Waals surface area contributed by atoms with E-state index >= 15 is 0 Å². The summed E-state index contributed by atoms with van der Waals surface area (Å²) in [6, 6.07) is 6.31. The van der Waals surface area contributed by atoms with E-state index in [1.807, 2.05) is 0 Å². The van der Waals surface area contributed by atoms with Crippen LogP contribution in [-0.2, 0) is 19.5 Å². The predicted molar refractivity (Wildman–Crippen MR) is 78.9 cm³/mol. The molecule has 21 heavy (non-hydrogen) atoms. The molecule has 0 unspecified atom stereocenters. The van der Waals surface area contributed by atoms with Crippen LogP contribution in [0, 0.1) is 0 Å². The summed E-state index contributed by atoms with van der Waals surface area (Å²) in [4.78, 5) is 0.120. The normalized spacial score (nSPS) is 29.9. The van der Waals surface area contributed by atoms with E-state index in [1.54, 1.807) is 18.2 Å². The van der Waals surface area contributed by atoms with Crippen LogP contribution in [0.2, 0.25) is 5.02 Å². The number of sulfonamides is 1. The fourth-order valence-electron chi connectivity index (χ4n) is 2.92. The van der Waals surface area contributed by atoms with E-state index in [9.17, 15) is 8.42 Å². The van der Waals surface area contributed by atoms with Crippen LogP contribution in [0.5, 0.6) is 0 Å². The molecule has 1 aliphatic heterocycles. The fourth-order valence-corrected chi connectivity index (χ4v) is 4.72. The van der Waals surface area contributed by atoms with Gasteiger partial charge in [-0.15, -0.1) is 0 Å². The maximum absolute atomic E-state index is 12.4. The van der Waals surface area contributed by atoms with Gasteiger partial charge in [-0.2, -0.15) is 0 Å². The third kappa shape index (κ3) is 3.40. The van der Waals surface area contributed by atoms with Crippen molar-refractivity contribution >= 4 is 21.6 Å². The Morgan fingerprint density at radius 3 is 2.57 bits per heavy atom. The second-order valence-corrected chi connectivity index (χ2v) is 7.47. The van der Waals surface area contributed by atoms with Gasteiger partial charge in [-0.1, -0.05) is 23.7 Å². The topological polar surface area (TPSA) is 64.6 Å². The summed E-state index contributed by atoms with van der Waals surface area (Å²) in [5, 5.41) is 0.232. The number of benzene rings is 1. The number of rotatable bonds is 3. The fraction of sp³-hybridized carbons (Fsp3) is 0.571. The minimum atomic E-state index is -3.61. The van der Waals surface area contributed by atoms with Crippen LogP contribution in [0.25, 0.3) is 0 Å². The summed E-state index contributed by atoms with van der Waals surface area (Å²) >= 11 is 5.97. The Balaban J connectivity index is 1.70. The second-order valence-electron chi connectivity index (χ2n) is 5.38. The lowest BCUT2D eigenvalue weighted by atomic mass is 9.90. The number of halogens is 1. The Hall–Kier alpha value is -0.660. The highest BCUT2D eigenvalue weighted by atomic mass is 35.5. The Morgan fingerprint density at radius 2 is 1.81 bits per heavy atom. The maximum Gasteiger partial charge on any atom is 0.242 e. The highest BCUT2D eigenvalue weighted by molar-refractivity contribution is 7.89. The van der Waals surface area contributed by atoms with Gasteiger partial charge in [0, 0.05) is 6.04 Å². The number of fused-ring (bicyclic) bond motifs is 1. The van der Waals surface area contributed by atoms with Crippen LogP contribution in [0.1, 0.15) is 19.3 Å². The van der Waals surface area contributed by atoms with Crippen molar-refractivity contribution in [1.82, 2.24) is 4.72 Å². The van der Waals surface area contributed by atoms with E-state index in [2.05, 4.69) is 4.72 Å². The quantitative estimate of drug-likeness (QED) is 0.919. The van der Waals surface area contributed by atoms with Crippen LogP contribution in [0.15, 0.2) is 29.2 Å². The molecule has 2 fully saturated rings. The smallest absolute Gasteiger partial charge is 0.242 e. The molecule has 1 saturated heterocycles. The van der Waals surface area contributed by atoms with Crippen molar-refractivity contribution in [2.45, 2.75) is 42.4 Å². The van der Waals surface area contributed by atoms with Crippen molar-refractivity contribution in [3.63, 3.8) is 0 Å². The molecular weight excluding hydrogens is 314 g/mol. The lowest BCUT2D eigenvalue weighted by molar-refractivity contribution is -0.156. The molecule has 0 radical (unpaired) electrons. The minimum Gasteiger partial charge on any atom is -0.373 e. The SMILES string of the molecule is O=S(=O)(N[C@@H]1CC[C@H]2OCCO[C@@H]2C1)c1ccccc1Cl. The first kappa shape index (κ1) is 15.2. The lowest BCUT2D eigenvalue weighted by Gasteiger charge is -2.38. The van der Waals surface area contributed by atoms with Gasteiger partial charge in [-0.25, -0.2) is 13.1 Å². The van der Waals surface area contributed by atoms with E-state index in [-0.39, 0.29) is 28.2 Å². The molecule has 1 N–H and O–H groups in total. The van der Waals surface area contributed by atoms with E-state index in [0.29, 0.717) is 19.6 Å². The van der Waals surface area contributed by atoms with E-state index in [0.717, 1.165) is 12.8 Å². The molecule has 3 atom stereocenters. The minimum absolute atomic E-state index is 0.0218. The Morgan fingerprint density at radius 1 is 1.10 bits per heavy atom. The van der Waals surface area contributed by atoms with E-state index < -0.39 is 10.0 Å². The van der Waals surface area contributed by atoms with Crippen molar-refractivity contribution in [1.29, 1.82) is 0 Å². The Bertz CT molecular complexity index is 607. The number of hydrogen-bond donors (Lipinski definition) is 1. The average Bonchev–Trinajstić information content (AvgIpc) is 2.47. The first-order valence-corrected chi connectivity index (χ1v) is 8.92. The number of ether oxygens (including phenoxy) is 2. The van der Waals surface area contributed by atoms with Gasteiger partial charge in [0.2, 0.25) is 10.0 Å². The molecule has 1 aromatic rings. The monoisotopic (exact) mass is 331 g/mol. The Labute approximate surface area is 129 Å². The summed E-state index contributed by atoms with van der Waals surface area (Å²) in [7, 11) is -3.61. The van der Waals surface area contributed by atoms with Crippen LogP contribution >= 0.6 is 11.6 Å². The third-order valence-electron chi connectivity index (χ3n) is 3.93. The van der Waals surface area contributed by atoms with Gasteiger partial charge in [-0.05, 0) is 31.4 Å². The zero-order valence-corrected chi connectivity index (χ0v) is 13.1. The standard InChI is InChI=1S/C14H18ClNO4S/c15-11-3-1-2-4-14(11)21(17,18)16-10-5-6-12-13(9-10)20-8-7-19-12/h1-4,10,12-13,16H,5-9H2/t10-,12-,13-/m1/s1. The van der Waals surface area contributed by atoms with Gasteiger partial charge in [-0.3, -0.25) is 0 Å². The molecule has 1 saturated carbocycles. The molecule has 1 aliphatic carbocycles. The summed E-state index contributed by atoms with van der Waals surface area (Å²) in [5.74, 6) is 0. The van der Waals surface area contributed by atoms with Gasteiger partial charge in [0.15, 0.2) is 0 Å². The highest BCUT2D eigenvalue weighted by Crippen LogP contribution is 2.28. The predicted octanol–water partition coefficient (Wildman–Crippen LogP) is 1.95. The third-order valence-corrected chi connectivity index (χ3v) is 5.95. The molecule has 2 aliphatic rings. The highest BCUT2D eigenvalue weighted by Gasteiger charge is 2.36. The number of hydrogen-bond acceptors (Lipinski definition) is 4. The van der Waals surface area contributed by atoms with Crippen LogP contribution in [-0.4, -0.2) is 39.9 Å². The summed E-state index contributed by atoms with van der Waals surface area (Å²) in [5.41, 5.74) is 0. The molecule has 1 heterocycles. The zero-order chi connectivity index (χ0) is 14.9. The number of nitrogens with one attached hydrogen (secondary N) is 1. The molecular formula is C14H18ClNO4S. The maximum atomic E-state index is 12.4. The lowest BCUT2D eigenvalue weighted by Crippen LogP contribution is -2.49. The largest absolute Gasteiger partial charge is 0.373 e. The summed E-state index contributed by atoms with van der Waals surface area (Å²) < 4.78 is 38.9. The van der Waals surface area contributed by atoms with Crippen LogP contribution in [0.3, 0.4) is 0 Å². The molecule has 5 nitrogen and oxygen atoms in total.